The van der Waals surface area contributed by atoms with Gasteiger partial charge >= 0.3 is 6.18 Å². The minimum atomic E-state index is -4.96. The topological polar surface area (TPSA) is 102 Å². The quantitative estimate of drug-likeness (QED) is 0.326. The molecule has 45 heavy (non-hydrogen) atoms. The standard InChI is InChI=1S/C31H36F4N6O3S/c1-17-14-41(15-18(2)39(17)3)26-12-23(32)20(25-16-45-29(38-25)30(44)40(4)19-8-6-5-7-9-19)10-24(26)37-28(43)21-13-36-27(42)11-22(21)31(33,34)35/h10-13,16-19H,5-9,14-15H2,1-4H3,(H,36,42)(H,37,43). The monoisotopic (exact) mass is 648 g/mol. The molecule has 1 aromatic carbocycles. The van der Waals surface area contributed by atoms with E-state index >= 15 is 4.39 Å². The van der Waals surface area contributed by atoms with Crippen LogP contribution in [0.2, 0.25) is 0 Å². The highest BCUT2D eigenvalue weighted by Gasteiger charge is 2.36. The van der Waals surface area contributed by atoms with Crippen LogP contribution in [0, 0.1) is 5.82 Å². The van der Waals surface area contributed by atoms with E-state index in [4.69, 9.17) is 0 Å². The van der Waals surface area contributed by atoms with Gasteiger partial charge in [-0.1, -0.05) is 19.3 Å². The molecular weight excluding hydrogens is 612 g/mol. The number of H-pyrrole nitrogens is 1. The molecule has 14 heteroatoms. The Hall–Kier alpha value is -3.78. The van der Waals surface area contributed by atoms with Gasteiger partial charge in [-0.2, -0.15) is 13.2 Å². The third-order valence-electron chi connectivity index (χ3n) is 8.91. The summed E-state index contributed by atoms with van der Waals surface area (Å²) in [5.41, 5.74) is -2.67. The molecule has 2 atom stereocenters. The van der Waals surface area contributed by atoms with Gasteiger partial charge in [0.2, 0.25) is 5.56 Å². The van der Waals surface area contributed by atoms with Crippen LogP contribution < -0.4 is 15.8 Å². The Balaban J connectivity index is 1.53. The fraction of sp³-hybridized carbons (Fsp3) is 0.484. The highest BCUT2D eigenvalue weighted by molar-refractivity contribution is 7.12. The summed E-state index contributed by atoms with van der Waals surface area (Å²) in [6, 6.07) is 3.13. The Morgan fingerprint density at radius 1 is 1.09 bits per heavy atom. The maximum atomic E-state index is 15.9. The van der Waals surface area contributed by atoms with Gasteiger partial charge in [0.25, 0.3) is 11.8 Å². The fourth-order valence-corrected chi connectivity index (χ4v) is 6.89. The summed E-state index contributed by atoms with van der Waals surface area (Å²) in [5, 5.41) is 4.29. The van der Waals surface area contributed by atoms with Gasteiger partial charge in [-0.05, 0) is 39.8 Å². The zero-order valence-electron chi connectivity index (χ0n) is 25.5. The third kappa shape index (κ3) is 6.91. The largest absolute Gasteiger partial charge is 0.417 e. The molecule has 2 aromatic heterocycles. The average molecular weight is 649 g/mol. The van der Waals surface area contributed by atoms with Crippen molar-refractivity contribution in [3.63, 3.8) is 0 Å². The molecular formula is C31H36F4N6O3S. The number of aromatic amines is 1. The molecule has 0 radical (unpaired) electrons. The molecule has 0 bridgehead atoms. The molecule has 9 nitrogen and oxygen atoms in total. The number of likely N-dealkylation sites (N-methyl/N-ethyl adjacent to an activating group) is 1. The van der Waals surface area contributed by atoms with Gasteiger partial charge < -0.3 is 20.1 Å². The number of nitrogens with one attached hydrogen (secondary N) is 2. The number of carbonyl (C=O) groups is 2. The number of hydrogen-bond donors (Lipinski definition) is 2. The fourth-order valence-electron chi connectivity index (χ4n) is 6.09. The zero-order valence-corrected chi connectivity index (χ0v) is 26.3. The molecule has 1 saturated carbocycles. The molecule has 2 N–H and O–H groups in total. The van der Waals surface area contributed by atoms with Crippen LogP contribution in [0.25, 0.3) is 11.3 Å². The Bertz CT molecular complexity index is 1620. The molecule has 2 aliphatic rings. The summed E-state index contributed by atoms with van der Waals surface area (Å²) < 4.78 is 57.2. The number of amides is 2. The number of aromatic nitrogens is 2. The van der Waals surface area contributed by atoms with Gasteiger partial charge in [0, 0.05) is 67.5 Å². The van der Waals surface area contributed by atoms with Crippen LogP contribution in [0.15, 0.2) is 34.6 Å². The Morgan fingerprint density at radius 2 is 1.76 bits per heavy atom. The Morgan fingerprint density at radius 3 is 2.40 bits per heavy atom. The summed E-state index contributed by atoms with van der Waals surface area (Å²) in [4.78, 5) is 50.5. The Kier molecular flexibility index (Phi) is 9.36. The van der Waals surface area contributed by atoms with Crippen molar-refractivity contribution >= 4 is 34.5 Å². The van der Waals surface area contributed by atoms with Crippen molar-refractivity contribution in [2.45, 2.75) is 70.3 Å². The van der Waals surface area contributed by atoms with E-state index < -0.39 is 34.6 Å². The number of thiazole rings is 1. The number of benzene rings is 1. The minimum Gasteiger partial charge on any atom is -0.367 e. The number of pyridine rings is 1. The number of alkyl halides is 3. The number of halogens is 4. The van der Waals surface area contributed by atoms with E-state index in [-0.39, 0.29) is 51.7 Å². The van der Waals surface area contributed by atoms with Crippen molar-refractivity contribution in [1.82, 2.24) is 19.8 Å². The minimum absolute atomic E-state index is 0.0163. The predicted molar refractivity (Wildman–Crippen MR) is 165 cm³/mol. The molecule has 1 aliphatic carbocycles. The van der Waals surface area contributed by atoms with Gasteiger partial charge in [0.05, 0.1) is 28.2 Å². The van der Waals surface area contributed by atoms with Gasteiger partial charge in [0.1, 0.15) is 5.82 Å². The van der Waals surface area contributed by atoms with Crippen LogP contribution in [0.5, 0.6) is 0 Å². The number of carbonyl (C=O) groups excluding carboxylic acids is 2. The van der Waals surface area contributed by atoms with Crippen molar-refractivity contribution in [3.8, 4) is 11.3 Å². The van der Waals surface area contributed by atoms with Crippen molar-refractivity contribution in [2.24, 2.45) is 0 Å². The number of rotatable bonds is 6. The lowest BCUT2D eigenvalue weighted by molar-refractivity contribution is -0.138. The van der Waals surface area contributed by atoms with Crippen molar-refractivity contribution in [1.29, 1.82) is 0 Å². The average Bonchev–Trinajstić information content (AvgIpc) is 3.49. The molecule has 1 aliphatic heterocycles. The smallest absolute Gasteiger partial charge is 0.367 e. The first-order chi connectivity index (χ1) is 21.2. The predicted octanol–water partition coefficient (Wildman–Crippen LogP) is 5.84. The summed E-state index contributed by atoms with van der Waals surface area (Å²) >= 11 is 1.08. The second-order valence-electron chi connectivity index (χ2n) is 11.9. The highest BCUT2D eigenvalue weighted by Crippen LogP contribution is 2.38. The first kappa shape index (κ1) is 32.6. The first-order valence-electron chi connectivity index (χ1n) is 14.9. The van der Waals surface area contributed by atoms with E-state index in [2.05, 4.69) is 20.2 Å². The summed E-state index contributed by atoms with van der Waals surface area (Å²) in [6.45, 7) is 4.94. The van der Waals surface area contributed by atoms with Gasteiger partial charge in [-0.3, -0.25) is 19.3 Å². The zero-order chi connectivity index (χ0) is 32.6. The molecule has 242 valence electrons. The van der Waals surface area contributed by atoms with Crippen LogP contribution in [0.3, 0.4) is 0 Å². The van der Waals surface area contributed by atoms with Gasteiger partial charge in [0.15, 0.2) is 5.01 Å². The van der Waals surface area contributed by atoms with Crippen molar-refractivity contribution < 1.29 is 27.2 Å². The number of hydrogen-bond acceptors (Lipinski definition) is 7. The van der Waals surface area contributed by atoms with Crippen molar-refractivity contribution in [3.05, 3.63) is 62.1 Å². The van der Waals surface area contributed by atoms with E-state index in [0.29, 0.717) is 25.4 Å². The molecule has 2 fully saturated rings. The van der Waals surface area contributed by atoms with Crippen LogP contribution >= 0.6 is 11.3 Å². The van der Waals surface area contributed by atoms with E-state index in [1.54, 1.807) is 17.3 Å². The molecule has 2 amide bonds. The second-order valence-corrected chi connectivity index (χ2v) is 12.8. The highest BCUT2D eigenvalue weighted by atomic mass is 32.1. The summed E-state index contributed by atoms with van der Waals surface area (Å²) in [5.74, 6) is -2.05. The summed E-state index contributed by atoms with van der Waals surface area (Å²) in [7, 11) is 3.72. The Labute approximate surface area is 262 Å². The molecule has 5 rings (SSSR count). The molecule has 0 spiro atoms. The number of anilines is 2. The van der Waals surface area contributed by atoms with Crippen LogP contribution in [-0.4, -0.2) is 76.9 Å². The lowest BCUT2D eigenvalue weighted by atomic mass is 9.94. The number of nitrogens with zero attached hydrogens (tertiary/aromatic N) is 4. The molecule has 3 heterocycles. The SMILES string of the molecule is CC1CN(c2cc(F)c(-c3csc(C(=O)N(C)C4CCCCC4)n3)cc2NC(=O)c2c[nH]c(=O)cc2C(F)(F)F)CC(C)N1C. The maximum Gasteiger partial charge on any atom is 0.417 e. The first-order valence-corrected chi connectivity index (χ1v) is 15.8. The van der Waals surface area contributed by atoms with Crippen molar-refractivity contribution in [2.75, 3.05) is 37.4 Å². The third-order valence-corrected chi connectivity index (χ3v) is 9.74. The molecule has 1 saturated heterocycles. The van der Waals surface area contributed by atoms with E-state index in [1.165, 1.54) is 12.1 Å². The number of piperazine rings is 1. The molecule has 2 unspecified atom stereocenters. The van der Waals surface area contributed by atoms with E-state index in [9.17, 15) is 27.6 Å². The van der Waals surface area contributed by atoms with Crippen LogP contribution in [-0.2, 0) is 6.18 Å². The summed E-state index contributed by atoms with van der Waals surface area (Å²) in [6.07, 6.45) is 0.806. The second kappa shape index (κ2) is 12.9. The van der Waals surface area contributed by atoms with E-state index in [0.717, 1.165) is 43.4 Å². The van der Waals surface area contributed by atoms with Gasteiger partial charge in [-0.15, -0.1) is 11.3 Å². The normalized spacial score (nSPS) is 19.9. The lowest BCUT2D eigenvalue weighted by Crippen LogP contribution is -2.55. The van der Waals surface area contributed by atoms with Crippen LogP contribution in [0.4, 0.5) is 28.9 Å². The lowest BCUT2D eigenvalue weighted by Gasteiger charge is -2.44. The van der Waals surface area contributed by atoms with Gasteiger partial charge in [-0.25, -0.2) is 9.37 Å². The van der Waals surface area contributed by atoms with E-state index in [1.807, 2.05) is 25.8 Å². The maximum absolute atomic E-state index is 15.9. The van der Waals surface area contributed by atoms with Crippen LogP contribution in [0.1, 0.15) is 71.7 Å². The molecule has 3 aromatic rings.